The molecule has 0 unspecified atom stereocenters. The second kappa shape index (κ2) is 5.68. The number of aryl methyl sites for hydroxylation is 2. The summed E-state index contributed by atoms with van der Waals surface area (Å²) in [6.45, 7) is 3.77. The van der Waals surface area contributed by atoms with E-state index >= 15 is 0 Å². The molecule has 0 saturated heterocycles. The number of nitrogens with zero attached hydrogens (tertiary/aromatic N) is 1. The van der Waals surface area contributed by atoms with Gasteiger partial charge in [0.05, 0.1) is 25.8 Å². The predicted octanol–water partition coefficient (Wildman–Crippen LogP) is 1.66. The molecule has 0 aliphatic carbocycles. The van der Waals surface area contributed by atoms with Crippen LogP contribution in [0.2, 0.25) is 0 Å². The molecule has 0 spiro atoms. The number of hydrogen-bond acceptors (Lipinski definition) is 3. The Kier molecular flexibility index (Phi) is 4.52. The number of rotatable bonds is 4. The van der Waals surface area contributed by atoms with Crippen LogP contribution in [0.1, 0.15) is 17.5 Å². The number of carbonyl (C=O) groups is 1. The molecule has 0 aliphatic rings. The molecular formula is C13H19NO3. The fourth-order valence-corrected chi connectivity index (χ4v) is 1.84. The van der Waals surface area contributed by atoms with E-state index in [0.29, 0.717) is 5.75 Å². The van der Waals surface area contributed by atoms with E-state index in [1.807, 2.05) is 26.0 Å². The predicted molar refractivity (Wildman–Crippen MR) is 67.6 cm³/mol. The van der Waals surface area contributed by atoms with Crippen molar-refractivity contribution in [3.05, 3.63) is 23.3 Å². The third-order valence-electron chi connectivity index (χ3n) is 2.66. The van der Waals surface area contributed by atoms with Crippen LogP contribution < -0.4 is 9.64 Å². The van der Waals surface area contributed by atoms with Crippen molar-refractivity contribution in [3.63, 3.8) is 0 Å². The van der Waals surface area contributed by atoms with Crippen LogP contribution in [-0.2, 0) is 4.79 Å². The van der Waals surface area contributed by atoms with Gasteiger partial charge < -0.3 is 14.7 Å². The lowest BCUT2D eigenvalue weighted by atomic mass is 10.1. The Morgan fingerprint density at radius 1 is 1.41 bits per heavy atom. The second-order valence-electron chi connectivity index (χ2n) is 4.06. The molecule has 0 heterocycles. The first-order chi connectivity index (χ1) is 8.01. The van der Waals surface area contributed by atoms with Crippen molar-refractivity contribution >= 4 is 11.6 Å². The highest BCUT2D eigenvalue weighted by molar-refractivity contribution is 5.94. The summed E-state index contributed by atoms with van der Waals surface area (Å²) in [6, 6.07) is 3.91. The largest absolute Gasteiger partial charge is 0.494 e. The van der Waals surface area contributed by atoms with E-state index in [2.05, 4.69) is 0 Å². The highest BCUT2D eigenvalue weighted by atomic mass is 16.5. The Morgan fingerprint density at radius 3 is 2.59 bits per heavy atom. The van der Waals surface area contributed by atoms with E-state index in [-0.39, 0.29) is 18.9 Å². The van der Waals surface area contributed by atoms with Crippen molar-refractivity contribution < 1.29 is 14.6 Å². The number of aliphatic hydroxyl groups is 1. The lowest BCUT2D eigenvalue weighted by Crippen LogP contribution is -2.27. The van der Waals surface area contributed by atoms with Gasteiger partial charge >= 0.3 is 0 Å². The van der Waals surface area contributed by atoms with Crippen molar-refractivity contribution in [2.24, 2.45) is 0 Å². The van der Waals surface area contributed by atoms with E-state index in [9.17, 15) is 4.79 Å². The molecule has 0 radical (unpaired) electrons. The minimum absolute atomic E-state index is 0.118. The molecule has 1 rings (SSSR count). The smallest absolute Gasteiger partial charge is 0.229 e. The molecule has 4 heteroatoms. The minimum atomic E-state index is -0.143. The first-order valence-electron chi connectivity index (χ1n) is 5.54. The number of hydrogen-bond donors (Lipinski definition) is 1. The summed E-state index contributed by atoms with van der Waals surface area (Å²) < 4.78 is 5.32. The fraction of sp³-hybridized carbons (Fsp3) is 0.462. The average molecular weight is 237 g/mol. The molecule has 0 atom stereocenters. The zero-order valence-electron chi connectivity index (χ0n) is 10.8. The SMILES string of the molecule is COc1c(C)cc(C)cc1N(C)C(=O)CCO. The highest BCUT2D eigenvalue weighted by Crippen LogP contribution is 2.32. The van der Waals surface area contributed by atoms with E-state index in [0.717, 1.165) is 16.8 Å². The van der Waals surface area contributed by atoms with Crippen LogP contribution in [0.4, 0.5) is 5.69 Å². The zero-order chi connectivity index (χ0) is 13.0. The summed E-state index contributed by atoms with van der Waals surface area (Å²) >= 11 is 0. The maximum Gasteiger partial charge on any atom is 0.229 e. The Morgan fingerprint density at radius 2 is 2.06 bits per heavy atom. The zero-order valence-corrected chi connectivity index (χ0v) is 10.8. The summed E-state index contributed by atoms with van der Waals surface area (Å²) in [5.41, 5.74) is 2.80. The van der Waals surface area contributed by atoms with Crippen LogP contribution in [-0.4, -0.2) is 31.8 Å². The molecule has 0 aliphatic heterocycles. The van der Waals surface area contributed by atoms with E-state index in [1.54, 1.807) is 14.2 Å². The molecule has 1 N–H and O–H groups in total. The highest BCUT2D eigenvalue weighted by Gasteiger charge is 2.16. The normalized spacial score (nSPS) is 10.2. The fourth-order valence-electron chi connectivity index (χ4n) is 1.84. The molecule has 0 aromatic heterocycles. The van der Waals surface area contributed by atoms with Crippen molar-refractivity contribution in [1.29, 1.82) is 0 Å². The van der Waals surface area contributed by atoms with Gasteiger partial charge in [-0.1, -0.05) is 6.07 Å². The Labute approximate surface area is 102 Å². The molecule has 0 saturated carbocycles. The Hall–Kier alpha value is -1.55. The molecule has 1 aromatic carbocycles. The van der Waals surface area contributed by atoms with E-state index in [4.69, 9.17) is 9.84 Å². The summed E-state index contributed by atoms with van der Waals surface area (Å²) in [6.07, 6.45) is 0.118. The number of ether oxygens (including phenoxy) is 1. The van der Waals surface area contributed by atoms with Crippen molar-refractivity contribution in [2.75, 3.05) is 25.7 Å². The van der Waals surface area contributed by atoms with Crippen molar-refractivity contribution in [2.45, 2.75) is 20.3 Å². The number of benzene rings is 1. The van der Waals surface area contributed by atoms with Crippen LogP contribution in [0, 0.1) is 13.8 Å². The molecule has 1 aromatic rings. The summed E-state index contributed by atoms with van der Waals surface area (Å²) in [4.78, 5) is 13.3. The van der Waals surface area contributed by atoms with Gasteiger partial charge in [-0.25, -0.2) is 0 Å². The van der Waals surface area contributed by atoms with Gasteiger partial charge in [0, 0.05) is 7.05 Å². The average Bonchev–Trinajstić information content (AvgIpc) is 2.27. The number of methoxy groups -OCH3 is 1. The minimum Gasteiger partial charge on any atom is -0.494 e. The topological polar surface area (TPSA) is 49.8 Å². The molecule has 0 bridgehead atoms. The van der Waals surface area contributed by atoms with Gasteiger partial charge in [-0.2, -0.15) is 0 Å². The molecule has 94 valence electrons. The van der Waals surface area contributed by atoms with Crippen LogP contribution in [0.3, 0.4) is 0 Å². The van der Waals surface area contributed by atoms with Gasteiger partial charge in [-0.3, -0.25) is 4.79 Å². The Bertz CT molecular complexity index is 415. The van der Waals surface area contributed by atoms with Gasteiger partial charge in [-0.15, -0.1) is 0 Å². The number of anilines is 1. The monoisotopic (exact) mass is 237 g/mol. The standard InChI is InChI=1S/C13H19NO3/c1-9-7-10(2)13(17-4)11(8-9)14(3)12(16)5-6-15/h7-8,15H,5-6H2,1-4H3. The summed E-state index contributed by atoms with van der Waals surface area (Å²) in [5, 5.41) is 8.79. The molecule has 0 fully saturated rings. The number of carbonyl (C=O) groups excluding carboxylic acids is 1. The van der Waals surface area contributed by atoms with Gasteiger partial charge in [-0.05, 0) is 31.0 Å². The molecular weight excluding hydrogens is 218 g/mol. The van der Waals surface area contributed by atoms with Crippen molar-refractivity contribution in [3.8, 4) is 5.75 Å². The third kappa shape index (κ3) is 2.97. The van der Waals surface area contributed by atoms with Gasteiger partial charge in [0.25, 0.3) is 0 Å². The molecule has 1 amide bonds. The first-order valence-corrected chi connectivity index (χ1v) is 5.54. The van der Waals surface area contributed by atoms with Gasteiger partial charge in [0.15, 0.2) is 0 Å². The quantitative estimate of drug-likeness (QED) is 0.866. The van der Waals surface area contributed by atoms with Gasteiger partial charge in [0.2, 0.25) is 5.91 Å². The number of aliphatic hydroxyl groups excluding tert-OH is 1. The summed E-state index contributed by atoms with van der Waals surface area (Å²) in [5.74, 6) is 0.570. The lowest BCUT2D eigenvalue weighted by Gasteiger charge is -2.21. The van der Waals surface area contributed by atoms with Crippen LogP contribution >= 0.6 is 0 Å². The Balaban J connectivity index is 3.15. The summed E-state index contributed by atoms with van der Waals surface area (Å²) in [7, 11) is 3.28. The molecule has 4 nitrogen and oxygen atoms in total. The third-order valence-corrected chi connectivity index (χ3v) is 2.66. The number of amides is 1. The maximum absolute atomic E-state index is 11.7. The van der Waals surface area contributed by atoms with E-state index < -0.39 is 0 Å². The first kappa shape index (κ1) is 13.5. The van der Waals surface area contributed by atoms with Crippen LogP contribution in [0.25, 0.3) is 0 Å². The maximum atomic E-state index is 11.7. The second-order valence-corrected chi connectivity index (χ2v) is 4.06. The lowest BCUT2D eigenvalue weighted by molar-refractivity contribution is -0.118. The van der Waals surface area contributed by atoms with Crippen LogP contribution in [0.15, 0.2) is 12.1 Å². The van der Waals surface area contributed by atoms with Crippen LogP contribution in [0.5, 0.6) is 5.75 Å². The molecule has 17 heavy (non-hydrogen) atoms. The van der Waals surface area contributed by atoms with Crippen molar-refractivity contribution in [1.82, 2.24) is 0 Å². The van der Waals surface area contributed by atoms with E-state index in [1.165, 1.54) is 4.90 Å². The van der Waals surface area contributed by atoms with Gasteiger partial charge in [0.1, 0.15) is 5.75 Å².